The Bertz CT molecular complexity index is 567. The van der Waals surface area contributed by atoms with Crippen LogP contribution in [0.2, 0.25) is 0 Å². The van der Waals surface area contributed by atoms with Crippen LogP contribution in [0.5, 0.6) is 0 Å². The number of nitrogens with one attached hydrogen (secondary N) is 1. The third-order valence-corrected chi connectivity index (χ3v) is 3.16. The summed E-state index contributed by atoms with van der Waals surface area (Å²) in [7, 11) is 0. The molecule has 0 aliphatic heterocycles. The maximum Gasteiger partial charge on any atom is 0.252 e. The molecule has 1 heterocycles. The van der Waals surface area contributed by atoms with Crippen molar-refractivity contribution in [2.24, 2.45) is 0 Å². The second-order valence-corrected chi connectivity index (χ2v) is 4.75. The number of rotatable bonds is 6. The number of carbonyl (C=O) groups is 1. The van der Waals surface area contributed by atoms with Crippen molar-refractivity contribution in [3.8, 4) is 0 Å². The number of aromatic nitrogens is 1. The molecule has 110 valence electrons. The number of amides is 1. The molecule has 0 bridgehead atoms. The maximum atomic E-state index is 12.1. The van der Waals surface area contributed by atoms with Gasteiger partial charge >= 0.3 is 0 Å². The Balaban J connectivity index is 1.98. The fourth-order valence-corrected chi connectivity index (χ4v) is 2.03. The van der Waals surface area contributed by atoms with E-state index in [2.05, 4.69) is 10.3 Å². The van der Waals surface area contributed by atoms with Gasteiger partial charge in [-0.3, -0.25) is 9.78 Å². The average Bonchev–Trinajstić information content (AvgIpc) is 2.52. The van der Waals surface area contributed by atoms with E-state index in [1.807, 2.05) is 50.2 Å². The van der Waals surface area contributed by atoms with Crippen molar-refractivity contribution in [2.75, 3.05) is 13.2 Å². The lowest BCUT2D eigenvalue weighted by Crippen LogP contribution is -2.29. The predicted octanol–water partition coefficient (Wildman–Crippen LogP) is 2.90. The van der Waals surface area contributed by atoms with Crippen LogP contribution < -0.4 is 5.32 Å². The zero-order valence-corrected chi connectivity index (χ0v) is 12.4. The molecule has 1 aromatic heterocycles. The average molecular weight is 284 g/mol. The molecule has 0 spiro atoms. The number of hydrogen-bond acceptors (Lipinski definition) is 3. The summed E-state index contributed by atoms with van der Waals surface area (Å²) in [5.41, 5.74) is 2.51. The minimum atomic E-state index is -0.140. The molecule has 2 rings (SSSR count). The molecule has 0 fully saturated rings. The second kappa shape index (κ2) is 7.55. The maximum absolute atomic E-state index is 12.1. The quantitative estimate of drug-likeness (QED) is 0.887. The molecule has 0 aliphatic rings. The number of nitrogens with zero attached hydrogens (tertiary/aromatic N) is 1. The van der Waals surface area contributed by atoms with Crippen molar-refractivity contribution in [3.05, 3.63) is 65.5 Å². The van der Waals surface area contributed by atoms with E-state index in [-0.39, 0.29) is 12.0 Å². The number of ether oxygens (including phenoxy) is 1. The van der Waals surface area contributed by atoms with Gasteiger partial charge in [0.15, 0.2) is 0 Å². The number of aryl methyl sites for hydroxylation is 1. The molecule has 1 N–H and O–H groups in total. The van der Waals surface area contributed by atoms with Gasteiger partial charge in [0, 0.05) is 25.0 Å². The standard InChI is InChI=1S/C17H20N2O2/c1-3-21-16(14-7-5-4-6-8-14)12-19-17(20)15-10-9-13(2)18-11-15/h4-11,16H,3,12H2,1-2H3,(H,19,20)/t16-/m1/s1. The third-order valence-electron chi connectivity index (χ3n) is 3.16. The summed E-state index contributed by atoms with van der Waals surface area (Å²) in [6, 6.07) is 13.5. The van der Waals surface area contributed by atoms with Crippen LogP contribution in [0.25, 0.3) is 0 Å². The molecular formula is C17H20N2O2. The molecule has 0 radical (unpaired) electrons. The van der Waals surface area contributed by atoms with Crippen LogP contribution in [-0.2, 0) is 4.74 Å². The first-order valence-electron chi connectivity index (χ1n) is 7.08. The smallest absolute Gasteiger partial charge is 0.252 e. The van der Waals surface area contributed by atoms with Crippen molar-refractivity contribution < 1.29 is 9.53 Å². The van der Waals surface area contributed by atoms with E-state index in [4.69, 9.17) is 4.74 Å². The molecule has 4 nitrogen and oxygen atoms in total. The summed E-state index contributed by atoms with van der Waals surface area (Å²) >= 11 is 0. The van der Waals surface area contributed by atoms with Crippen molar-refractivity contribution in [2.45, 2.75) is 20.0 Å². The van der Waals surface area contributed by atoms with Gasteiger partial charge in [0.1, 0.15) is 0 Å². The van der Waals surface area contributed by atoms with Gasteiger partial charge in [0.2, 0.25) is 0 Å². The monoisotopic (exact) mass is 284 g/mol. The number of carbonyl (C=O) groups excluding carboxylic acids is 1. The van der Waals surface area contributed by atoms with Gasteiger partial charge in [-0.1, -0.05) is 30.3 Å². The van der Waals surface area contributed by atoms with Crippen LogP contribution in [0.1, 0.15) is 34.6 Å². The summed E-state index contributed by atoms with van der Waals surface area (Å²) in [5.74, 6) is -0.136. The van der Waals surface area contributed by atoms with Crippen molar-refractivity contribution >= 4 is 5.91 Å². The summed E-state index contributed by atoms with van der Waals surface area (Å²) in [4.78, 5) is 16.2. The highest BCUT2D eigenvalue weighted by Gasteiger charge is 2.13. The molecule has 0 saturated carbocycles. The first-order valence-corrected chi connectivity index (χ1v) is 7.08. The molecule has 1 aromatic carbocycles. The van der Waals surface area contributed by atoms with Gasteiger partial charge in [-0.05, 0) is 31.5 Å². The Kier molecular flexibility index (Phi) is 5.46. The van der Waals surface area contributed by atoms with Gasteiger partial charge in [-0.2, -0.15) is 0 Å². The SMILES string of the molecule is CCO[C@H](CNC(=O)c1ccc(C)nc1)c1ccccc1. The summed E-state index contributed by atoms with van der Waals surface area (Å²) < 4.78 is 5.70. The highest BCUT2D eigenvalue weighted by molar-refractivity contribution is 5.93. The van der Waals surface area contributed by atoms with Crippen LogP contribution in [0.3, 0.4) is 0 Å². The van der Waals surface area contributed by atoms with E-state index in [0.29, 0.717) is 18.7 Å². The molecule has 0 unspecified atom stereocenters. The molecule has 1 amide bonds. The predicted molar refractivity (Wildman–Crippen MR) is 82.1 cm³/mol. The first kappa shape index (κ1) is 15.2. The van der Waals surface area contributed by atoms with Gasteiger partial charge in [-0.25, -0.2) is 0 Å². The van der Waals surface area contributed by atoms with Gasteiger partial charge in [-0.15, -0.1) is 0 Å². The zero-order chi connectivity index (χ0) is 15.1. The zero-order valence-electron chi connectivity index (χ0n) is 12.4. The molecule has 1 atom stereocenters. The number of hydrogen-bond donors (Lipinski definition) is 1. The molecular weight excluding hydrogens is 264 g/mol. The lowest BCUT2D eigenvalue weighted by atomic mass is 10.1. The highest BCUT2D eigenvalue weighted by Crippen LogP contribution is 2.16. The topological polar surface area (TPSA) is 51.2 Å². The fraction of sp³-hybridized carbons (Fsp3) is 0.294. The molecule has 21 heavy (non-hydrogen) atoms. The van der Waals surface area contributed by atoms with Crippen molar-refractivity contribution in [3.63, 3.8) is 0 Å². The largest absolute Gasteiger partial charge is 0.372 e. The number of benzene rings is 1. The Hall–Kier alpha value is -2.20. The van der Waals surface area contributed by atoms with Crippen molar-refractivity contribution in [1.29, 1.82) is 0 Å². The summed E-state index contributed by atoms with van der Waals surface area (Å²) in [5, 5.41) is 2.90. The summed E-state index contributed by atoms with van der Waals surface area (Å²) in [6.45, 7) is 4.87. The van der Waals surface area contributed by atoms with Crippen LogP contribution >= 0.6 is 0 Å². The Morgan fingerprint density at radius 2 is 2.00 bits per heavy atom. The fourth-order valence-electron chi connectivity index (χ4n) is 2.03. The molecule has 4 heteroatoms. The van der Waals surface area contributed by atoms with Crippen LogP contribution in [0, 0.1) is 6.92 Å². The lowest BCUT2D eigenvalue weighted by Gasteiger charge is -2.18. The Morgan fingerprint density at radius 3 is 2.62 bits per heavy atom. The molecule has 0 aliphatic carbocycles. The Labute approximate surface area is 125 Å². The van der Waals surface area contributed by atoms with Gasteiger partial charge in [0.25, 0.3) is 5.91 Å². The van der Waals surface area contributed by atoms with Crippen LogP contribution in [0.4, 0.5) is 0 Å². The molecule has 0 saturated heterocycles. The van der Waals surface area contributed by atoms with E-state index >= 15 is 0 Å². The third kappa shape index (κ3) is 4.39. The highest BCUT2D eigenvalue weighted by atomic mass is 16.5. The lowest BCUT2D eigenvalue weighted by molar-refractivity contribution is 0.0586. The Morgan fingerprint density at radius 1 is 1.24 bits per heavy atom. The summed E-state index contributed by atoms with van der Waals surface area (Å²) in [6.07, 6.45) is 1.45. The normalized spacial score (nSPS) is 11.9. The van der Waals surface area contributed by atoms with E-state index in [0.717, 1.165) is 11.3 Å². The molecule has 2 aromatic rings. The first-order chi connectivity index (χ1) is 10.2. The minimum absolute atomic E-state index is 0.136. The van der Waals surface area contributed by atoms with E-state index in [1.54, 1.807) is 12.3 Å². The van der Waals surface area contributed by atoms with Gasteiger partial charge < -0.3 is 10.1 Å². The van der Waals surface area contributed by atoms with E-state index < -0.39 is 0 Å². The van der Waals surface area contributed by atoms with E-state index in [9.17, 15) is 4.79 Å². The van der Waals surface area contributed by atoms with Crippen LogP contribution in [0.15, 0.2) is 48.7 Å². The van der Waals surface area contributed by atoms with Gasteiger partial charge in [0.05, 0.1) is 11.7 Å². The van der Waals surface area contributed by atoms with E-state index in [1.165, 1.54) is 0 Å². The van der Waals surface area contributed by atoms with Crippen molar-refractivity contribution in [1.82, 2.24) is 10.3 Å². The minimum Gasteiger partial charge on any atom is -0.372 e. The second-order valence-electron chi connectivity index (χ2n) is 4.75. The van der Waals surface area contributed by atoms with Crippen LogP contribution in [-0.4, -0.2) is 24.0 Å². The number of pyridine rings is 1.